The van der Waals surface area contributed by atoms with Crippen LogP contribution in [0.2, 0.25) is 0 Å². The van der Waals surface area contributed by atoms with Crippen molar-refractivity contribution in [3.05, 3.63) is 18.0 Å². The van der Waals surface area contributed by atoms with E-state index in [2.05, 4.69) is 40.5 Å². The Kier molecular flexibility index (Phi) is 7.13. The van der Waals surface area contributed by atoms with Gasteiger partial charge >= 0.3 is 0 Å². The van der Waals surface area contributed by atoms with Crippen LogP contribution in [0.25, 0.3) is 0 Å². The molecule has 2 atom stereocenters. The highest BCUT2D eigenvalue weighted by molar-refractivity contribution is 14.0. The Morgan fingerprint density at radius 2 is 2.20 bits per heavy atom. The van der Waals surface area contributed by atoms with E-state index in [0.717, 1.165) is 25.5 Å². The monoisotopic (exact) mass is 461 g/mol. The van der Waals surface area contributed by atoms with E-state index in [1.54, 1.807) is 0 Å². The second-order valence-corrected chi connectivity index (χ2v) is 7.24. The van der Waals surface area contributed by atoms with E-state index in [1.807, 2.05) is 25.0 Å². The molecule has 142 valence electrons. The third-order valence-corrected chi connectivity index (χ3v) is 5.74. The van der Waals surface area contributed by atoms with Crippen LogP contribution in [-0.4, -0.2) is 53.5 Å². The van der Waals surface area contributed by atoms with Gasteiger partial charge in [-0.15, -0.1) is 24.0 Å². The molecule has 2 aliphatic carbocycles. The van der Waals surface area contributed by atoms with Gasteiger partial charge in [-0.25, -0.2) is 0 Å². The summed E-state index contributed by atoms with van der Waals surface area (Å²) in [6.45, 7) is 3.72. The third-order valence-electron chi connectivity index (χ3n) is 5.74. The van der Waals surface area contributed by atoms with Crippen LogP contribution in [0.4, 0.5) is 0 Å². The fraction of sp³-hybridized carbons (Fsp3) is 0.778. The summed E-state index contributed by atoms with van der Waals surface area (Å²) in [5.74, 6) is 0.963. The zero-order chi connectivity index (χ0) is 17.2. The van der Waals surface area contributed by atoms with E-state index >= 15 is 0 Å². The zero-order valence-electron chi connectivity index (χ0n) is 15.9. The van der Waals surface area contributed by atoms with E-state index in [-0.39, 0.29) is 24.0 Å². The van der Waals surface area contributed by atoms with E-state index in [4.69, 9.17) is 4.74 Å². The molecule has 0 saturated heterocycles. The maximum Gasteiger partial charge on any atom is 0.193 e. The summed E-state index contributed by atoms with van der Waals surface area (Å²) in [6, 6.07) is 0.478. The van der Waals surface area contributed by atoms with Crippen LogP contribution < -0.4 is 5.32 Å². The van der Waals surface area contributed by atoms with Crippen LogP contribution in [-0.2, 0) is 18.3 Å². The largest absolute Gasteiger partial charge is 0.378 e. The standard InChI is InChI=1S/C18H31N5O.HI/c1-5-24-16-10-15(18(16)8-6-7-9-18)21-17(19-2)22(3)12-14-11-20-23(4)13-14;/h11,13,15-16H,5-10,12H2,1-4H3,(H,19,21);1H. The van der Waals surface area contributed by atoms with Crippen LogP contribution in [0.3, 0.4) is 0 Å². The molecule has 1 N–H and O–H groups in total. The molecule has 7 heteroatoms. The molecule has 25 heavy (non-hydrogen) atoms. The minimum atomic E-state index is 0. The first-order valence-electron chi connectivity index (χ1n) is 9.12. The van der Waals surface area contributed by atoms with Crippen molar-refractivity contribution in [1.29, 1.82) is 0 Å². The first kappa shape index (κ1) is 20.5. The minimum absolute atomic E-state index is 0. The molecule has 3 rings (SSSR count). The molecule has 2 aliphatic rings. The van der Waals surface area contributed by atoms with Gasteiger partial charge < -0.3 is 15.0 Å². The van der Waals surface area contributed by atoms with Gasteiger partial charge in [0.15, 0.2) is 5.96 Å². The summed E-state index contributed by atoms with van der Waals surface area (Å²) in [4.78, 5) is 6.68. The molecule has 0 amide bonds. The summed E-state index contributed by atoms with van der Waals surface area (Å²) in [7, 11) is 5.90. The number of hydrogen-bond donors (Lipinski definition) is 1. The molecule has 1 spiro atoms. The first-order chi connectivity index (χ1) is 11.6. The van der Waals surface area contributed by atoms with Crippen molar-refractivity contribution >= 4 is 29.9 Å². The third kappa shape index (κ3) is 4.13. The molecule has 1 aromatic rings. The Morgan fingerprint density at radius 3 is 2.76 bits per heavy atom. The van der Waals surface area contributed by atoms with Crippen molar-refractivity contribution in [1.82, 2.24) is 20.0 Å². The van der Waals surface area contributed by atoms with Crippen LogP contribution in [0.5, 0.6) is 0 Å². The number of guanidine groups is 1. The zero-order valence-corrected chi connectivity index (χ0v) is 18.2. The number of nitrogens with zero attached hydrogens (tertiary/aromatic N) is 4. The summed E-state index contributed by atoms with van der Waals surface area (Å²) in [5, 5.41) is 7.96. The van der Waals surface area contributed by atoms with Crippen molar-refractivity contribution in [2.75, 3.05) is 20.7 Å². The summed E-state index contributed by atoms with van der Waals surface area (Å²) in [5.41, 5.74) is 1.51. The highest BCUT2D eigenvalue weighted by Crippen LogP contribution is 2.54. The average molecular weight is 461 g/mol. The predicted molar refractivity (Wildman–Crippen MR) is 111 cm³/mol. The van der Waals surface area contributed by atoms with E-state index in [0.29, 0.717) is 17.6 Å². The molecule has 2 unspecified atom stereocenters. The van der Waals surface area contributed by atoms with Gasteiger partial charge in [0.05, 0.1) is 12.3 Å². The summed E-state index contributed by atoms with van der Waals surface area (Å²) in [6.07, 6.45) is 10.7. The molecule has 0 aliphatic heterocycles. The van der Waals surface area contributed by atoms with Gasteiger partial charge in [0.25, 0.3) is 0 Å². The molecule has 6 nitrogen and oxygen atoms in total. The lowest BCUT2D eigenvalue weighted by molar-refractivity contribution is -0.126. The second-order valence-electron chi connectivity index (χ2n) is 7.24. The van der Waals surface area contributed by atoms with Gasteiger partial charge in [0.2, 0.25) is 0 Å². The molecular formula is C18H32IN5O. The lowest BCUT2D eigenvalue weighted by Crippen LogP contribution is -2.65. The predicted octanol–water partition coefficient (Wildman–Crippen LogP) is 2.78. The van der Waals surface area contributed by atoms with Gasteiger partial charge in [-0.1, -0.05) is 12.8 Å². The molecule has 0 bridgehead atoms. The Balaban J connectivity index is 0.00000225. The van der Waals surface area contributed by atoms with Gasteiger partial charge in [-0.2, -0.15) is 5.10 Å². The van der Waals surface area contributed by atoms with Gasteiger partial charge in [-0.05, 0) is 26.2 Å². The lowest BCUT2D eigenvalue weighted by atomic mass is 9.60. The Hall–Kier alpha value is -0.830. The normalized spacial score (nSPS) is 24.7. The molecule has 0 aromatic carbocycles. The number of nitrogens with one attached hydrogen (secondary N) is 1. The van der Waals surface area contributed by atoms with Crippen LogP contribution >= 0.6 is 24.0 Å². The maximum atomic E-state index is 6.02. The molecule has 1 aromatic heterocycles. The Labute approximate surface area is 168 Å². The molecule has 2 saturated carbocycles. The molecule has 2 fully saturated rings. The molecule has 1 heterocycles. The number of halogens is 1. The van der Waals surface area contributed by atoms with Crippen molar-refractivity contribution in [3.63, 3.8) is 0 Å². The average Bonchev–Trinajstić information content (AvgIpc) is 3.21. The van der Waals surface area contributed by atoms with E-state index in [9.17, 15) is 0 Å². The highest BCUT2D eigenvalue weighted by Gasteiger charge is 2.57. The summed E-state index contributed by atoms with van der Waals surface area (Å²) < 4.78 is 7.85. The SMILES string of the molecule is CCOC1CC(NC(=NC)N(C)Cc2cnn(C)c2)C12CCCC2.I. The summed E-state index contributed by atoms with van der Waals surface area (Å²) >= 11 is 0. The topological polar surface area (TPSA) is 54.7 Å². The number of hydrogen-bond acceptors (Lipinski definition) is 3. The smallest absolute Gasteiger partial charge is 0.193 e. The molecular weight excluding hydrogens is 429 g/mol. The fourth-order valence-electron chi connectivity index (χ4n) is 4.49. The second kappa shape index (κ2) is 8.70. The number of ether oxygens (including phenoxy) is 1. The number of aryl methyl sites for hydroxylation is 1. The van der Waals surface area contributed by atoms with Crippen LogP contribution in [0.15, 0.2) is 17.4 Å². The Bertz CT molecular complexity index is 582. The quantitative estimate of drug-likeness (QED) is 0.417. The van der Waals surface area contributed by atoms with Crippen molar-refractivity contribution in [2.24, 2.45) is 17.5 Å². The lowest BCUT2D eigenvalue weighted by Gasteiger charge is -2.54. The van der Waals surface area contributed by atoms with E-state index in [1.165, 1.54) is 31.2 Å². The highest BCUT2D eigenvalue weighted by atomic mass is 127. The van der Waals surface area contributed by atoms with Gasteiger partial charge in [0, 0.05) is 57.5 Å². The number of aliphatic imine (C=N–C) groups is 1. The fourth-order valence-corrected chi connectivity index (χ4v) is 4.49. The van der Waals surface area contributed by atoms with Gasteiger partial charge in [0.1, 0.15) is 0 Å². The van der Waals surface area contributed by atoms with E-state index < -0.39 is 0 Å². The minimum Gasteiger partial charge on any atom is -0.378 e. The maximum absolute atomic E-state index is 6.02. The van der Waals surface area contributed by atoms with Crippen molar-refractivity contribution in [2.45, 2.75) is 57.7 Å². The first-order valence-corrected chi connectivity index (χ1v) is 9.12. The van der Waals surface area contributed by atoms with Crippen LogP contribution in [0, 0.1) is 5.41 Å². The molecule has 0 radical (unpaired) electrons. The Morgan fingerprint density at radius 1 is 1.48 bits per heavy atom. The van der Waals surface area contributed by atoms with Crippen molar-refractivity contribution < 1.29 is 4.74 Å². The van der Waals surface area contributed by atoms with Crippen molar-refractivity contribution in [3.8, 4) is 0 Å². The van der Waals surface area contributed by atoms with Crippen LogP contribution in [0.1, 0.15) is 44.6 Å². The number of rotatable bonds is 5. The number of aromatic nitrogens is 2. The van der Waals surface area contributed by atoms with Gasteiger partial charge in [-0.3, -0.25) is 9.67 Å².